The summed E-state index contributed by atoms with van der Waals surface area (Å²) in [4.78, 5) is 23.2. The molecule has 1 aromatic rings. The fourth-order valence-corrected chi connectivity index (χ4v) is 4.76. The Morgan fingerprint density at radius 2 is 2.10 bits per heavy atom. The molecule has 2 saturated heterocycles. The van der Waals surface area contributed by atoms with Crippen molar-refractivity contribution in [1.29, 1.82) is 0 Å². The van der Waals surface area contributed by atoms with Crippen molar-refractivity contribution in [3.8, 4) is 0 Å². The minimum atomic E-state index is 0.000810. The van der Waals surface area contributed by atoms with Gasteiger partial charge in [0.05, 0.1) is 0 Å². The van der Waals surface area contributed by atoms with Crippen LogP contribution in [-0.2, 0) is 0 Å². The molecule has 1 aromatic heterocycles. The molecule has 1 aliphatic carbocycles. The number of fused-ring (bicyclic) bond motifs is 1. The lowest BCUT2D eigenvalue weighted by Gasteiger charge is -2.46. The molecule has 21 heavy (non-hydrogen) atoms. The molecular weight excluding hydrogens is 264 g/mol. The normalized spacial score (nSPS) is 38.1. The van der Waals surface area contributed by atoms with Gasteiger partial charge >= 0.3 is 0 Å². The number of nitrogens with zero attached hydrogens (tertiary/aromatic N) is 3. The van der Waals surface area contributed by atoms with Gasteiger partial charge in [-0.3, -0.25) is 4.79 Å². The highest BCUT2D eigenvalue weighted by molar-refractivity contribution is 5.90. The van der Waals surface area contributed by atoms with Crippen LogP contribution >= 0.6 is 0 Å². The number of hydrogen-bond acceptors (Lipinski definition) is 4. The van der Waals surface area contributed by atoms with Gasteiger partial charge in [0.15, 0.2) is 0 Å². The molecule has 3 fully saturated rings. The second-order valence-electron chi connectivity index (χ2n) is 6.96. The van der Waals surface area contributed by atoms with Gasteiger partial charge in [-0.25, -0.2) is 9.97 Å². The number of carbonyl (C=O) groups is 1. The monoisotopic (exact) mass is 286 g/mol. The van der Waals surface area contributed by atoms with E-state index in [9.17, 15) is 4.79 Å². The van der Waals surface area contributed by atoms with Gasteiger partial charge in [-0.05, 0) is 25.3 Å². The predicted octanol–water partition coefficient (Wildman–Crippen LogP) is 1.61. The van der Waals surface area contributed by atoms with E-state index in [2.05, 4.69) is 27.1 Å². The number of hydrogen-bond donors (Lipinski definition) is 1. The standard InChI is InChI=1S/C16H22N4O/c1-16-9-11-10-20(15(21)14-17-7-4-8-18-14)13(16)6-3-2-5-12(16)19-11/h4,7-8,11-13,19H,2-3,5-6,9-10H2,1H3/t11-,12-,13+,16-/m0/s1. The van der Waals surface area contributed by atoms with Crippen molar-refractivity contribution in [2.75, 3.05) is 6.54 Å². The third-order valence-corrected chi connectivity index (χ3v) is 5.71. The topological polar surface area (TPSA) is 58.1 Å². The van der Waals surface area contributed by atoms with Crippen LogP contribution in [0.4, 0.5) is 0 Å². The van der Waals surface area contributed by atoms with E-state index in [1.807, 2.05) is 0 Å². The highest BCUT2D eigenvalue weighted by atomic mass is 16.2. The van der Waals surface area contributed by atoms with Crippen LogP contribution in [-0.4, -0.2) is 45.4 Å². The molecule has 2 bridgehead atoms. The number of piperidine rings is 1. The molecule has 4 rings (SSSR count). The van der Waals surface area contributed by atoms with Crippen LogP contribution in [0, 0.1) is 5.41 Å². The zero-order valence-electron chi connectivity index (χ0n) is 12.5. The van der Waals surface area contributed by atoms with Gasteiger partial charge in [0.1, 0.15) is 0 Å². The number of carbonyl (C=O) groups excluding carboxylic acids is 1. The summed E-state index contributed by atoms with van der Waals surface area (Å²) in [6, 6.07) is 3.07. The van der Waals surface area contributed by atoms with Gasteiger partial charge < -0.3 is 10.2 Å². The molecular formula is C16H22N4O. The van der Waals surface area contributed by atoms with Crippen LogP contribution in [0.15, 0.2) is 18.5 Å². The number of aromatic nitrogens is 2. The second kappa shape index (κ2) is 4.77. The summed E-state index contributed by atoms with van der Waals surface area (Å²) < 4.78 is 0. The molecule has 0 spiro atoms. The Morgan fingerprint density at radius 1 is 1.33 bits per heavy atom. The fraction of sp³-hybridized carbons (Fsp3) is 0.688. The maximum absolute atomic E-state index is 12.8. The zero-order valence-corrected chi connectivity index (χ0v) is 12.5. The maximum atomic E-state index is 12.8. The average Bonchev–Trinajstić information content (AvgIpc) is 2.67. The number of rotatable bonds is 1. The first kappa shape index (κ1) is 13.2. The summed E-state index contributed by atoms with van der Waals surface area (Å²) in [5, 5.41) is 3.77. The van der Waals surface area contributed by atoms with Crippen molar-refractivity contribution >= 4 is 5.91 Å². The third kappa shape index (κ3) is 1.98. The fourth-order valence-electron chi connectivity index (χ4n) is 4.76. The summed E-state index contributed by atoms with van der Waals surface area (Å²) in [7, 11) is 0. The highest BCUT2D eigenvalue weighted by Gasteiger charge is 2.56. The van der Waals surface area contributed by atoms with E-state index in [1.165, 1.54) is 25.7 Å². The smallest absolute Gasteiger partial charge is 0.291 e. The van der Waals surface area contributed by atoms with Gasteiger partial charge in [0.25, 0.3) is 5.91 Å². The molecule has 1 amide bonds. The number of nitrogens with one attached hydrogen (secondary N) is 1. The molecule has 1 saturated carbocycles. The van der Waals surface area contributed by atoms with Crippen molar-refractivity contribution in [3.05, 3.63) is 24.3 Å². The molecule has 112 valence electrons. The molecule has 0 aromatic carbocycles. The SMILES string of the molecule is C[C@@]12C[C@H]3CN(C(=O)c4ncccn4)[C@@H]1CCCC[C@@H]2N3. The molecule has 3 aliphatic rings. The van der Waals surface area contributed by atoms with Gasteiger partial charge in [-0.1, -0.05) is 19.8 Å². The number of likely N-dealkylation sites (tertiary alicyclic amines) is 1. The molecule has 5 heteroatoms. The molecule has 0 radical (unpaired) electrons. The van der Waals surface area contributed by atoms with Crippen molar-refractivity contribution < 1.29 is 4.79 Å². The Kier molecular flexibility index (Phi) is 2.99. The van der Waals surface area contributed by atoms with E-state index in [0.717, 1.165) is 13.0 Å². The molecule has 3 heterocycles. The summed E-state index contributed by atoms with van der Waals surface area (Å²) >= 11 is 0. The average molecular weight is 286 g/mol. The summed E-state index contributed by atoms with van der Waals surface area (Å²) in [6.45, 7) is 3.17. The molecule has 1 N–H and O–H groups in total. The molecule has 5 nitrogen and oxygen atoms in total. The molecule has 2 aliphatic heterocycles. The third-order valence-electron chi connectivity index (χ3n) is 5.71. The lowest BCUT2D eigenvalue weighted by atomic mass is 9.71. The first-order valence-electron chi connectivity index (χ1n) is 8.02. The minimum Gasteiger partial charge on any atom is -0.331 e. The zero-order chi connectivity index (χ0) is 14.4. The van der Waals surface area contributed by atoms with E-state index < -0.39 is 0 Å². The second-order valence-corrected chi connectivity index (χ2v) is 6.96. The van der Waals surface area contributed by atoms with Gasteiger partial charge in [0, 0.05) is 42.5 Å². The van der Waals surface area contributed by atoms with Gasteiger partial charge in [0.2, 0.25) is 5.82 Å². The minimum absolute atomic E-state index is 0.000810. The van der Waals surface area contributed by atoms with E-state index in [0.29, 0.717) is 23.9 Å². The van der Waals surface area contributed by atoms with Gasteiger partial charge in [-0.2, -0.15) is 0 Å². The Labute approximate surface area is 125 Å². The largest absolute Gasteiger partial charge is 0.331 e. The van der Waals surface area contributed by atoms with Crippen LogP contribution in [0.2, 0.25) is 0 Å². The van der Waals surface area contributed by atoms with Crippen molar-refractivity contribution in [2.45, 2.75) is 57.2 Å². The number of amides is 1. The summed E-state index contributed by atoms with van der Waals surface area (Å²) in [5.41, 5.74) is 0.212. The van der Waals surface area contributed by atoms with Crippen LogP contribution in [0.3, 0.4) is 0 Å². The van der Waals surface area contributed by atoms with E-state index in [4.69, 9.17) is 0 Å². The van der Waals surface area contributed by atoms with Crippen LogP contribution in [0.25, 0.3) is 0 Å². The Morgan fingerprint density at radius 3 is 2.90 bits per heavy atom. The summed E-state index contributed by atoms with van der Waals surface area (Å²) in [5.74, 6) is 0.337. The molecule has 0 unspecified atom stereocenters. The van der Waals surface area contributed by atoms with E-state index in [-0.39, 0.29) is 11.3 Å². The maximum Gasteiger partial charge on any atom is 0.291 e. The first-order chi connectivity index (χ1) is 10.2. The lowest BCUT2D eigenvalue weighted by molar-refractivity contribution is 0.0273. The van der Waals surface area contributed by atoms with Crippen molar-refractivity contribution in [2.24, 2.45) is 5.41 Å². The Balaban J connectivity index is 1.68. The van der Waals surface area contributed by atoms with E-state index in [1.54, 1.807) is 18.5 Å². The quantitative estimate of drug-likeness (QED) is 0.852. The summed E-state index contributed by atoms with van der Waals surface area (Å²) in [6.07, 6.45) is 9.32. The Bertz CT molecular complexity index is 548. The predicted molar refractivity (Wildman–Crippen MR) is 78.8 cm³/mol. The first-order valence-corrected chi connectivity index (χ1v) is 8.02. The van der Waals surface area contributed by atoms with Crippen LogP contribution in [0.1, 0.15) is 49.6 Å². The van der Waals surface area contributed by atoms with E-state index >= 15 is 0 Å². The lowest BCUT2D eigenvalue weighted by Crippen LogP contribution is -2.56. The van der Waals surface area contributed by atoms with Crippen LogP contribution in [0.5, 0.6) is 0 Å². The highest BCUT2D eigenvalue weighted by Crippen LogP contribution is 2.49. The molecule has 4 atom stereocenters. The Hall–Kier alpha value is -1.49. The van der Waals surface area contributed by atoms with Crippen molar-refractivity contribution in [3.63, 3.8) is 0 Å². The van der Waals surface area contributed by atoms with Crippen molar-refractivity contribution in [1.82, 2.24) is 20.2 Å². The van der Waals surface area contributed by atoms with Gasteiger partial charge in [-0.15, -0.1) is 0 Å². The van der Waals surface area contributed by atoms with Crippen LogP contribution < -0.4 is 5.32 Å².